The van der Waals surface area contributed by atoms with Gasteiger partial charge in [-0.1, -0.05) is 12.8 Å². The maximum Gasteiger partial charge on any atom is 0.237 e. The molecule has 3 atom stereocenters. The summed E-state index contributed by atoms with van der Waals surface area (Å²) in [6, 6.07) is 0.320. The van der Waals surface area contributed by atoms with Crippen molar-refractivity contribution in [2.75, 3.05) is 12.8 Å². The molecule has 0 aromatic heterocycles. The third-order valence-electron chi connectivity index (χ3n) is 4.87. The first-order chi connectivity index (χ1) is 9.21. The van der Waals surface area contributed by atoms with Gasteiger partial charge in [-0.2, -0.15) is 0 Å². The van der Waals surface area contributed by atoms with Gasteiger partial charge in [0.25, 0.3) is 0 Å². The summed E-state index contributed by atoms with van der Waals surface area (Å²) >= 11 is 0. The summed E-state index contributed by atoms with van der Waals surface area (Å²) < 4.78 is 22.3. The minimum atomic E-state index is -3.18. The topological polar surface area (TPSA) is 75.3 Å². The lowest BCUT2D eigenvalue weighted by Crippen LogP contribution is -2.49. The first kappa shape index (κ1) is 15.8. The number of sulfone groups is 1. The Morgan fingerprint density at radius 2 is 1.95 bits per heavy atom. The molecule has 1 amide bonds. The fourth-order valence-electron chi connectivity index (χ4n) is 3.08. The van der Waals surface area contributed by atoms with Crippen LogP contribution in [0.3, 0.4) is 0 Å². The molecule has 0 unspecified atom stereocenters. The molecule has 2 aliphatic rings. The van der Waals surface area contributed by atoms with Gasteiger partial charge in [0.15, 0.2) is 9.84 Å². The highest BCUT2D eigenvalue weighted by molar-refractivity contribution is 7.92. The number of amides is 1. The Morgan fingerprint density at radius 1 is 1.30 bits per heavy atom. The fraction of sp³-hybridized carbons (Fsp3) is 0.929. The number of rotatable bonds is 4. The summed E-state index contributed by atoms with van der Waals surface area (Å²) in [5.74, 6) is 0.554. The second-order valence-electron chi connectivity index (χ2n) is 6.86. The van der Waals surface area contributed by atoms with Crippen LogP contribution in [0.4, 0.5) is 0 Å². The van der Waals surface area contributed by atoms with Gasteiger partial charge in [-0.15, -0.1) is 0 Å². The summed E-state index contributed by atoms with van der Waals surface area (Å²) in [4.78, 5) is 12.2. The van der Waals surface area contributed by atoms with Crippen LogP contribution in [0, 0.1) is 5.92 Å². The Balaban J connectivity index is 1.87. The van der Waals surface area contributed by atoms with E-state index >= 15 is 0 Å². The zero-order chi connectivity index (χ0) is 15.0. The normalized spacial score (nSPS) is 30.9. The maximum atomic E-state index is 12.2. The molecule has 1 saturated heterocycles. The van der Waals surface area contributed by atoms with E-state index in [0.717, 1.165) is 12.8 Å². The molecule has 2 rings (SSSR count). The summed E-state index contributed by atoms with van der Waals surface area (Å²) in [6.45, 7) is 3.45. The minimum absolute atomic E-state index is 0.0591. The highest BCUT2D eigenvalue weighted by Crippen LogP contribution is 2.33. The van der Waals surface area contributed by atoms with Gasteiger partial charge in [0, 0.05) is 18.8 Å². The molecule has 2 N–H and O–H groups in total. The van der Waals surface area contributed by atoms with Crippen molar-refractivity contribution >= 4 is 15.7 Å². The molecule has 116 valence electrons. The summed E-state index contributed by atoms with van der Waals surface area (Å²) in [5, 5.41) is 6.21. The van der Waals surface area contributed by atoms with Crippen LogP contribution in [-0.4, -0.2) is 44.0 Å². The first-order valence-electron chi connectivity index (χ1n) is 7.44. The lowest BCUT2D eigenvalue weighted by Gasteiger charge is -2.24. The molecule has 1 heterocycles. The zero-order valence-electron chi connectivity index (χ0n) is 12.6. The van der Waals surface area contributed by atoms with Gasteiger partial charge in [-0.25, -0.2) is 8.42 Å². The Labute approximate surface area is 121 Å². The van der Waals surface area contributed by atoms with Gasteiger partial charge in [0.2, 0.25) is 5.91 Å². The minimum Gasteiger partial charge on any atom is -0.353 e. The van der Waals surface area contributed by atoms with E-state index in [1.807, 2.05) is 0 Å². The van der Waals surface area contributed by atoms with E-state index in [1.165, 1.54) is 25.5 Å². The number of carbonyl (C=O) groups excluding carboxylic acids is 1. The average molecular weight is 302 g/mol. The Bertz CT molecular complexity index is 459. The van der Waals surface area contributed by atoms with Crippen LogP contribution in [0.5, 0.6) is 0 Å². The fourth-order valence-corrected chi connectivity index (χ4v) is 3.41. The molecule has 1 aliphatic heterocycles. The van der Waals surface area contributed by atoms with Gasteiger partial charge in [-0.3, -0.25) is 4.79 Å². The van der Waals surface area contributed by atoms with E-state index in [-0.39, 0.29) is 18.5 Å². The van der Waals surface area contributed by atoms with Crippen molar-refractivity contribution < 1.29 is 13.2 Å². The van der Waals surface area contributed by atoms with Gasteiger partial charge in [-0.05, 0) is 39.0 Å². The van der Waals surface area contributed by atoms with E-state index in [1.54, 1.807) is 13.8 Å². The van der Waals surface area contributed by atoms with Crippen LogP contribution in [0.25, 0.3) is 0 Å². The molecule has 0 spiro atoms. The zero-order valence-corrected chi connectivity index (χ0v) is 13.4. The Morgan fingerprint density at radius 3 is 2.55 bits per heavy atom. The second kappa shape index (κ2) is 5.64. The van der Waals surface area contributed by atoms with Crippen molar-refractivity contribution in [3.63, 3.8) is 0 Å². The Hall–Kier alpha value is -0.620. The van der Waals surface area contributed by atoms with Crippen molar-refractivity contribution in [2.24, 2.45) is 5.92 Å². The molecule has 1 aliphatic carbocycles. The molecular weight excluding hydrogens is 276 g/mol. The molecule has 1 saturated carbocycles. The lowest BCUT2D eigenvalue weighted by molar-refractivity contribution is -0.123. The summed E-state index contributed by atoms with van der Waals surface area (Å²) in [6.07, 6.45) is 6.96. The van der Waals surface area contributed by atoms with Crippen LogP contribution in [-0.2, 0) is 14.6 Å². The van der Waals surface area contributed by atoms with E-state index in [2.05, 4.69) is 10.6 Å². The SMILES string of the molecule is CC(C)(CNC(=O)[C@@H]1C[C@@H]2CCCC[C@@H]2N1)S(C)(=O)=O. The molecule has 0 bridgehead atoms. The summed E-state index contributed by atoms with van der Waals surface area (Å²) in [5.41, 5.74) is 0. The van der Waals surface area contributed by atoms with Crippen molar-refractivity contribution in [3.8, 4) is 0 Å². The number of hydrogen-bond donors (Lipinski definition) is 2. The van der Waals surface area contributed by atoms with Crippen molar-refractivity contribution in [1.82, 2.24) is 10.6 Å². The quantitative estimate of drug-likeness (QED) is 0.807. The van der Waals surface area contributed by atoms with Crippen LogP contribution in [0.1, 0.15) is 46.0 Å². The number of nitrogens with one attached hydrogen (secondary N) is 2. The largest absolute Gasteiger partial charge is 0.353 e. The molecule has 0 aromatic carbocycles. The first-order valence-corrected chi connectivity index (χ1v) is 9.33. The number of carbonyl (C=O) groups is 1. The number of fused-ring (bicyclic) bond motifs is 1. The average Bonchev–Trinajstić information content (AvgIpc) is 2.78. The third-order valence-corrected chi connectivity index (χ3v) is 7.02. The highest BCUT2D eigenvalue weighted by Gasteiger charge is 2.39. The summed E-state index contributed by atoms with van der Waals surface area (Å²) in [7, 11) is -3.18. The standard InChI is InChI=1S/C14H26N2O3S/c1-14(2,20(3,18)19)9-15-13(17)12-8-10-6-4-5-7-11(10)16-12/h10-12,16H,4-9H2,1-3H3,(H,15,17)/t10-,11-,12-/m0/s1. The predicted molar refractivity (Wildman–Crippen MR) is 79.2 cm³/mol. The highest BCUT2D eigenvalue weighted by atomic mass is 32.2. The van der Waals surface area contributed by atoms with Gasteiger partial charge in [0.1, 0.15) is 0 Å². The predicted octanol–water partition coefficient (Wildman–Crippen LogP) is 0.847. The van der Waals surface area contributed by atoms with Crippen LogP contribution in [0.2, 0.25) is 0 Å². The van der Waals surface area contributed by atoms with Crippen LogP contribution in [0.15, 0.2) is 0 Å². The van der Waals surface area contributed by atoms with Gasteiger partial charge in [0.05, 0.1) is 10.8 Å². The molecular formula is C14H26N2O3S. The molecule has 0 radical (unpaired) electrons. The van der Waals surface area contributed by atoms with E-state index in [9.17, 15) is 13.2 Å². The molecule has 5 nitrogen and oxygen atoms in total. The lowest BCUT2D eigenvalue weighted by atomic mass is 9.85. The Kier molecular flexibility index (Phi) is 4.44. The van der Waals surface area contributed by atoms with E-state index < -0.39 is 14.6 Å². The molecule has 6 heteroatoms. The monoisotopic (exact) mass is 302 g/mol. The third kappa shape index (κ3) is 3.34. The smallest absolute Gasteiger partial charge is 0.237 e. The van der Waals surface area contributed by atoms with Gasteiger partial charge >= 0.3 is 0 Å². The second-order valence-corrected chi connectivity index (χ2v) is 9.51. The van der Waals surface area contributed by atoms with Crippen molar-refractivity contribution in [2.45, 2.75) is 62.8 Å². The van der Waals surface area contributed by atoms with Crippen LogP contribution < -0.4 is 10.6 Å². The van der Waals surface area contributed by atoms with Crippen molar-refractivity contribution in [1.29, 1.82) is 0 Å². The van der Waals surface area contributed by atoms with E-state index in [4.69, 9.17) is 0 Å². The molecule has 2 fully saturated rings. The van der Waals surface area contributed by atoms with E-state index in [0.29, 0.717) is 12.0 Å². The maximum absolute atomic E-state index is 12.2. The van der Waals surface area contributed by atoms with Crippen molar-refractivity contribution in [3.05, 3.63) is 0 Å². The van der Waals surface area contributed by atoms with Gasteiger partial charge < -0.3 is 10.6 Å². The molecule has 20 heavy (non-hydrogen) atoms. The number of hydrogen-bond acceptors (Lipinski definition) is 4. The molecule has 0 aromatic rings. The van der Waals surface area contributed by atoms with Crippen LogP contribution >= 0.6 is 0 Å².